The average Bonchev–Trinajstić information content (AvgIpc) is 2.90. The topological polar surface area (TPSA) is 58.2 Å². The van der Waals surface area contributed by atoms with Gasteiger partial charge in [0.2, 0.25) is 5.91 Å². The molecule has 2 amide bonds. The summed E-state index contributed by atoms with van der Waals surface area (Å²) in [4.78, 5) is 25.9. The highest BCUT2D eigenvalue weighted by Crippen LogP contribution is 2.20. The van der Waals surface area contributed by atoms with Gasteiger partial charge in [0, 0.05) is 22.0 Å². The van der Waals surface area contributed by atoms with Crippen molar-refractivity contribution in [2.24, 2.45) is 5.41 Å². The molecular formula is C34H43FN2O2. The second-order valence-corrected chi connectivity index (χ2v) is 11.2. The minimum absolute atomic E-state index is 0. The molecule has 0 heterocycles. The van der Waals surface area contributed by atoms with E-state index in [2.05, 4.69) is 38.3 Å². The van der Waals surface area contributed by atoms with Gasteiger partial charge in [0.15, 0.2) is 0 Å². The van der Waals surface area contributed by atoms with Gasteiger partial charge in [-0.25, -0.2) is 4.39 Å². The number of aryl methyl sites for hydroxylation is 1. The molecule has 4 aromatic carbocycles. The van der Waals surface area contributed by atoms with Crippen LogP contribution in [0.1, 0.15) is 53.5 Å². The summed E-state index contributed by atoms with van der Waals surface area (Å²) in [6, 6.07) is 29.8. The van der Waals surface area contributed by atoms with Crippen LogP contribution in [-0.4, -0.2) is 17.9 Å². The molecule has 0 spiro atoms. The Balaban J connectivity index is 0.00000194. The molecule has 4 nitrogen and oxygen atoms in total. The van der Waals surface area contributed by atoms with Crippen molar-refractivity contribution in [2.75, 3.05) is 5.32 Å². The Labute approximate surface area is 235 Å². The molecule has 0 radical (unpaired) electrons. The quantitative estimate of drug-likeness (QED) is 0.251. The number of rotatable bonds is 7. The predicted octanol–water partition coefficient (Wildman–Crippen LogP) is 8.57. The minimum atomic E-state index is -0.818. The third-order valence-electron chi connectivity index (χ3n) is 5.55. The number of anilines is 1. The highest BCUT2D eigenvalue weighted by atomic mass is 19.1. The standard InChI is InChI=1S/C29H25FN2O2.C5H12.3H2/c1-20-7-17-26(18-8-20)31-29(34)27(32-28(33)24-13-15-25(30)16-14-24)19-21-9-11-23(12-10-21)22-5-3-2-4-6-22;1-5(2,3)4;;;/h2-18,27H,19H2,1H3,(H,31,34)(H,32,33);1-4H3;3*1H. The Kier molecular flexibility index (Phi) is 10.2. The normalized spacial score (nSPS) is 11.5. The summed E-state index contributed by atoms with van der Waals surface area (Å²) in [5, 5.41) is 5.68. The van der Waals surface area contributed by atoms with Crippen LogP contribution >= 0.6 is 0 Å². The van der Waals surface area contributed by atoms with Gasteiger partial charge in [0.05, 0.1) is 0 Å². The van der Waals surface area contributed by atoms with Crippen LogP contribution in [0.25, 0.3) is 11.1 Å². The van der Waals surface area contributed by atoms with E-state index in [1.54, 1.807) is 0 Å². The van der Waals surface area contributed by atoms with Gasteiger partial charge in [-0.1, -0.05) is 100.0 Å². The Morgan fingerprint density at radius 3 is 1.87 bits per heavy atom. The number of hydrogen-bond donors (Lipinski definition) is 2. The molecule has 0 aliphatic carbocycles. The fourth-order valence-corrected chi connectivity index (χ4v) is 3.62. The maximum absolute atomic E-state index is 13.3. The van der Waals surface area contributed by atoms with E-state index < -0.39 is 17.8 Å². The van der Waals surface area contributed by atoms with Crippen molar-refractivity contribution in [3.63, 3.8) is 0 Å². The van der Waals surface area contributed by atoms with E-state index >= 15 is 0 Å². The fourth-order valence-electron chi connectivity index (χ4n) is 3.62. The lowest BCUT2D eigenvalue weighted by Gasteiger charge is -2.19. The molecule has 0 bridgehead atoms. The van der Waals surface area contributed by atoms with Crippen molar-refractivity contribution >= 4 is 17.5 Å². The molecule has 2 N–H and O–H groups in total. The van der Waals surface area contributed by atoms with E-state index in [4.69, 9.17) is 0 Å². The molecule has 0 aromatic heterocycles. The van der Waals surface area contributed by atoms with Gasteiger partial charge in [-0.05, 0) is 65.4 Å². The predicted molar refractivity (Wildman–Crippen MR) is 165 cm³/mol. The molecule has 0 aliphatic heterocycles. The zero-order valence-corrected chi connectivity index (χ0v) is 23.3. The van der Waals surface area contributed by atoms with E-state index in [1.165, 1.54) is 24.3 Å². The van der Waals surface area contributed by atoms with Crippen LogP contribution in [0.4, 0.5) is 10.1 Å². The van der Waals surface area contributed by atoms with Gasteiger partial charge in [-0.15, -0.1) is 0 Å². The second-order valence-electron chi connectivity index (χ2n) is 11.2. The summed E-state index contributed by atoms with van der Waals surface area (Å²) in [5.74, 6) is -1.19. The van der Waals surface area contributed by atoms with E-state index in [0.29, 0.717) is 17.5 Å². The van der Waals surface area contributed by atoms with E-state index in [0.717, 1.165) is 22.3 Å². The molecule has 0 saturated carbocycles. The second kappa shape index (κ2) is 13.5. The molecule has 4 rings (SSSR count). The van der Waals surface area contributed by atoms with Gasteiger partial charge < -0.3 is 10.6 Å². The Morgan fingerprint density at radius 2 is 1.31 bits per heavy atom. The molecule has 0 aliphatic rings. The number of amides is 2. The molecule has 1 atom stereocenters. The molecule has 0 saturated heterocycles. The third kappa shape index (κ3) is 10.2. The van der Waals surface area contributed by atoms with E-state index in [1.807, 2.05) is 85.8 Å². The molecule has 39 heavy (non-hydrogen) atoms. The number of nitrogens with one attached hydrogen (secondary N) is 2. The van der Waals surface area contributed by atoms with Gasteiger partial charge in [-0.2, -0.15) is 0 Å². The van der Waals surface area contributed by atoms with Crippen LogP contribution in [0.2, 0.25) is 0 Å². The Morgan fingerprint density at radius 1 is 0.769 bits per heavy atom. The molecule has 1 unspecified atom stereocenters. The van der Waals surface area contributed by atoms with E-state index in [-0.39, 0.29) is 15.8 Å². The van der Waals surface area contributed by atoms with Crippen LogP contribution in [0, 0.1) is 18.2 Å². The first-order valence-electron chi connectivity index (χ1n) is 13.1. The van der Waals surface area contributed by atoms with Crippen LogP contribution < -0.4 is 10.6 Å². The van der Waals surface area contributed by atoms with Gasteiger partial charge in [0.1, 0.15) is 11.9 Å². The first-order chi connectivity index (χ1) is 18.5. The summed E-state index contributed by atoms with van der Waals surface area (Å²) in [6.45, 7) is 10.7. The van der Waals surface area contributed by atoms with Gasteiger partial charge >= 0.3 is 0 Å². The SMILES string of the molecule is CC(C)(C)C.Cc1ccc(NC(=O)C(Cc2ccc(-c3ccccc3)cc2)NC(=O)c2ccc(F)cc2)cc1.[HH].[HH].[HH]. The number of benzene rings is 4. The summed E-state index contributed by atoms with van der Waals surface area (Å²) in [5.41, 5.74) is 5.60. The summed E-state index contributed by atoms with van der Waals surface area (Å²) in [6.07, 6.45) is 0.305. The molecule has 4 aromatic rings. The smallest absolute Gasteiger partial charge is 0.251 e. The first kappa shape index (κ1) is 29.3. The molecule has 0 fully saturated rings. The van der Waals surface area contributed by atoms with E-state index in [9.17, 15) is 14.0 Å². The van der Waals surface area contributed by atoms with Crippen molar-refractivity contribution in [1.82, 2.24) is 5.32 Å². The number of carbonyl (C=O) groups excluding carboxylic acids is 2. The van der Waals surface area contributed by atoms with Gasteiger partial charge in [-0.3, -0.25) is 9.59 Å². The van der Waals surface area contributed by atoms with Crippen molar-refractivity contribution < 1.29 is 18.3 Å². The molecule has 208 valence electrons. The van der Waals surface area contributed by atoms with Crippen LogP contribution in [0.3, 0.4) is 0 Å². The van der Waals surface area contributed by atoms with Crippen molar-refractivity contribution in [3.05, 3.63) is 126 Å². The highest BCUT2D eigenvalue weighted by molar-refractivity contribution is 6.01. The monoisotopic (exact) mass is 530 g/mol. The van der Waals surface area contributed by atoms with Crippen LogP contribution in [0.15, 0.2) is 103 Å². The first-order valence-corrected chi connectivity index (χ1v) is 13.1. The Hall–Kier alpha value is -4.25. The third-order valence-corrected chi connectivity index (χ3v) is 5.55. The number of halogens is 1. The lowest BCUT2D eigenvalue weighted by molar-refractivity contribution is -0.118. The molecule has 5 heteroatoms. The zero-order valence-electron chi connectivity index (χ0n) is 23.3. The van der Waals surface area contributed by atoms with Crippen molar-refractivity contribution in [3.8, 4) is 11.1 Å². The Bertz CT molecular complexity index is 1350. The lowest BCUT2D eigenvalue weighted by Crippen LogP contribution is -2.45. The van der Waals surface area contributed by atoms with Crippen LogP contribution in [0.5, 0.6) is 0 Å². The number of hydrogen-bond acceptors (Lipinski definition) is 2. The maximum atomic E-state index is 13.3. The van der Waals surface area contributed by atoms with Gasteiger partial charge in [0.25, 0.3) is 5.91 Å². The largest absolute Gasteiger partial charge is 0.340 e. The maximum Gasteiger partial charge on any atom is 0.251 e. The fraction of sp³-hybridized carbons (Fsp3) is 0.235. The van der Waals surface area contributed by atoms with Crippen LogP contribution in [-0.2, 0) is 11.2 Å². The molecular weight excluding hydrogens is 487 g/mol. The van der Waals surface area contributed by atoms with Crippen molar-refractivity contribution in [1.29, 1.82) is 0 Å². The highest BCUT2D eigenvalue weighted by Gasteiger charge is 2.22. The summed E-state index contributed by atoms with van der Waals surface area (Å²) in [7, 11) is 0. The average molecular weight is 531 g/mol. The minimum Gasteiger partial charge on any atom is -0.340 e. The summed E-state index contributed by atoms with van der Waals surface area (Å²) >= 11 is 0. The van der Waals surface area contributed by atoms with Crippen molar-refractivity contribution in [2.45, 2.75) is 47.1 Å². The number of carbonyl (C=O) groups is 2. The summed E-state index contributed by atoms with van der Waals surface area (Å²) < 4.78 is 13.3. The zero-order chi connectivity index (χ0) is 28.4. The lowest BCUT2D eigenvalue weighted by atomic mass is 10.00.